The maximum absolute atomic E-state index is 13.8. The third-order valence-corrected chi connectivity index (χ3v) is 8.99. The molecule has 0 aliphatic carbocycles. The summed E-state index contributed by atoms with van der Waals surface area (Å²) in [4.78, 5) is 30.9. The van der Waals surface area contributed by atoms with Crippen LogP contribution in [0, 0.1) is 0 Å². The van der Waals surface area contributed by atoms with Gasteiger partial charge in [0.15, 0.2) is 9.84 Å². The number of rotatable bonds is 7. The molecule has 0 spiro atoms. The highest BCUT2D eigenvalue weighted by Gasteiger charge is 2.45. The number of sulfone groups is 1. The molecule has 38 heavy (non-hydrogen) atoms. The SMILES string of the molecule is COc1ccc(NC(=O)c2cc3c(c(-c4ccn[nH]4)c2)C(C)(C)N(CCN2CCS(=O)(=O)CC2)C3=O)cc1. The summed E-state index contributed by atoms with van der Waals surface area (Å²) >= 11 is 0. The van der Waals surface area contributed by atoms with Gasteiger partial charge in [0.1, 0.15) is 5.75 Å². The number of aromatic nitrogens is 2. The second kappa shape index (κ2) is 9.88. The van der Waals surface area contributed by atoms with Gasteiger partial charge in [-0.15, -0.1) is 0 Å². The highest BCUT2D eigenvalue weighted by atomic mass is 32.2. The Labute approximate surface area is 221 Å². The van der Waals surface area contributed by atoms with Crippen LogP contribution in [0.3, 0.4) is 0 Å². The Balaban J connectivity index is 1.45. The van der Waals surface area contributed by atoms with Crippen LogP contribution < -0.4 is 10.1 Å². The van der Waals surface area contributed by atoms with E-state index in [9.17, 15) is 18.0 Å². The zero-order valence-electron chi connectivity index (χ0n) is 21.7. The van der Waals surface area contributed by atoms with Gasteiger partial charge in [0.2, 0.25) is 0 Å². The van der Waals surface area contributed by atoms with Crippen LogP contribution >= 0.6 is 0 Å². The molecule has 1 fully saturated rings. The van der Waals surface area contributed by atoms with Crippen molar-refractivity contribution in [3.8, 4) is 17.0 Å². The zero-order chi connectivity index (χ0) is 27.1. The van der Waals surface area contributed by atoms with Crippen molar-refractivity contribution in [2.75, 3.05) is 50.1 Å². The average molecular weight is 538 g/mol. The molecule has 10 nitrogen and oxygen atoms in total. The molecule has 0 radical (unpaired) electrons. The van der Waals surface area contributed by atoms with Gasteiger partial charge >= 0.3 is 0 Å². The molecule has 0 atom stereocenters. The van der Waals surface area contributed by atoms with Crippen LogP contribution in [0.4, 0.5) is 5.69 Å². The smallest absolute Gasteiger partial charge is 0.255 e. The first-order valence-electron chi connectivity index (χ1n) is 12.5. The number of methoxy groups -OCH3 is 1. The van der Waals surface area contributed by atoms with Gasteiger partial charge in [-0.1, -0.05) is 0 Å². The molecule has 2 N–H and O–H groups in total. The Bertz CT molecular complexity index is 1450. The number of hydrogen-bond acceptors (Lipinski definition) is 7. The highest BCUT2D eigenvalue weighted by Crippen LogP contribution is 2.44. The number of amides is 2. The number of aromatic amines is 1. The number of carbonyl (C=O) groups is 2. The molecular weight excluding hydrogens is 506 g/mol. The molecule has 0 unspecified atom stereocenters. The summed E-state index contributed by atoms with van der Waals surface area (Å²) in [7, 11) is -1.40. The first-order chi connectivity index (χ1) is 18.1. The lowest BCUT2D eigenvalue weighted by Crippen LogP contribution is -2.47. The van der Waals surface area contributed by atoms with E-state index in [1.807, 2.05) is 24.8 Å². The molecule has 1 aromatic heterocycles. The van der Waals surface area contributed by atoms with Gasteiger partial charge in [-0.3, -0.25) is 19.6 Å². The van der Waals surface area contributed by atoms with Crippen LogP contribution in [0.15, 0.2) is 48.7 Å². The van der Waals surface area contributed by atoms with Gasteiger partial charge in [-0.05, 0) is 61.9 Å². The fourth-order valence-electron chi connectivity index (χ4n) is 5.23. The second-order valence-electron chi connectivity index (χ2n) is 10.1. The van der Waals surface area contributed by atoms with Crippen molar-refractivity contribution < 1.29 is 22.7 Å². The van der Waals surface area contributed by atoms with Gasteiger partial charge in [0.05, 0.1) is 29.8 Å². The minimum Gasteiger partial charge on any atom is -0.497 e. The van der Waals surface area contributed by atoms with Crippen LogP contribution in [0.1, 0.15) is 40.1 Å². The van der Waals surface area contributed by atoms with E-state index in [2.05, 4.69) is 20.4 Å². The van der Waals surface area contributed by atoms with Gasteiger partial charge in [0, 0.05) is 54.8 Å². The van der Waals surface area contributed by atoms with Crippen molar-refractivity contribution in [3.05, 3.63) is 65.4 Å². The van der Waals surface area contributed by atoms with E-state index >= 15 is 0 Å². The number of nitrogens with one attached hydrogen (secondary N) is 2. The minimum absolute atomic E-state index is 0.140. The van der Waals surface area contributed by atoms with Crippen molar-refractivity contribution >= 4 is 27.3 Å². The normalized spacial score (nSPS) is 18.3. The van der Waals surface area contributed by atoms with Gasteiger partial charge in [-0.2, -0.15) is 5.10 Å². The largest absolute Gasteiger partial charge is 0.497 e. The number of nitrogens with zero attached hydrogens (tertiary/aromatic N) is 3. The van der Waals surface area contributed by atoms with Gasteiger partial charge < -0.3 is 15.0 Å². The average Bonchev–Trinajstić information content (AvgIpc) is 3.49. The minimum atomic E-state index is -2.98. The Morgan fingerprint density at radius 3 is 2.39 bits per heavy atom. The van der Waals surface area contributed by atoms with Gasteiger partial charge in [-0.25, -0.2) is 8.42 Å². The van der Waals surface area contributed by atoms with Crippen molar-refractivity contribution in [3.63, 3.8) is 0 Å². The molecule has 11 heteroatoms. The molecule has 2 aliphatic rings. The summed E-state index contributed by atoms with van der Waals surface area (Å²) in [6.45, 7) is 5.93. The van der Waals surface area contributed by atoms with E-state index in [1.165, 1.54) is 0 Å². The molecule has 1 saturated heterocycles. The fourth-order valence-corrected chi connectivity index (χ4v) is 6.50. The number of anilines is 1. The van der Waals surface area contributed by atoms with E-state index in [0.29, 0.717) is 54.4 Å². The Morgan fingerprint density at radius 1 is 1.08 bits per heavy atom. The number of hydrogen-bond donors (Lipinski definition) is 2. The van der Waals surface area contributed by atoms with Crippen LogP contribution in [0.5, 0.6) is 5.75 Å². The lowest BCUT2D eigenvalue weighted by atomic mass is 9.86. The quantitative estimate of drug-likeness (QED) is 0.475. The number of benzene rings is 2. The summed E-state index contributed by atoms with van der Waals surface area (Å²) in [6, 6.07) is 12.3. The molecule has 2 aliphatic heterocycles. The fraction of sp³-hybridized carbons (Fsp3) is 0.370. The number of ether oxygens (including phenoxy) is 1. The maximum Gasteiger partial charge on any atom is 0.255 e. The summed E-state index contributed by atoms with van der Waals surface area (Å²) < 4.78 is 28.8. The zero-order valence-corrected chi connectivity index (χ0v) is 22.5. The summed E-state index contributed by atoms with van der Waals surface area (Å²) in [5.41, 5.74) is 3.07. The molecule has 200 valence electrons. The van der Waals surface area contributed by atoms with E-state index in [4.69, 9.17) is 4.74 Å². The maximum atomic E-state index is 13.8. The first-order valence-corrected chi connectivity index (χ1v) is 14.3. The predicted octanol–water partition coefficient (Wildman–Crippen LogP) is 2.76. The summed E-state index contributed by atoms with van der Waals surface area (Å²) in [5.74, 6) is 0.468. The Morgan fingerprint density at radius 2 is 1.76 bits per heavy atom. The van der Waals surface area contributed by atoms with Crippen LogP contribution in [0.25, 0.3) is 11.3 Å². The summed E-state index contributed by atoms with van der Waals surface area (Å²) in [6.07, 6.45) is 1.64. The second-order valence-corrected chi connectivity index (χ2v) is 12.4. The molecule has 3 heterocycles. The Kier molecular flexibility index (Phi) is 6.74. The Hall–Kier alpha value is -3.70. The molecular formula is C27H31N5O5S. The van der Waals surface area contributed by atoms with E-state index in [0.717, 1.165) is 11.1 Å². The summed E-state index contributed by atoms with van der Waals surface area (Å²) in [5, 5.41) is 9.96. The third-order valence-electron chi connectivity index (χ3n) is 7.38. The van der Waals surface area contributed by atoms with Crippen molar-refractivity contribution in [2.24, 2.45) is 0 Å². The standard InChI is InChI=1S/C27H31N5O5S/c1-27(2)24-21(23-8-9-28-30-23)16-18(25(33)29-19-4-6-20(37-3)7-5-19)17-22(24)26(34)32(27)11-10-31-12-14-38(35,36)15-13-31/h4-9,16-17H,10-15H2,1-3H3,(H,28,30)(H,29,33). The van der Waals surface area contributed by atoms with E-state index in [1.54, 1.807) is 49.7 Å². The predicted molar refractivity (Wildman–Crippen MR) is 144 cm³/mol. The molecule has 5 rings (SSSR count). The topological polar surface area (TPSA) is 125 Å². The molecule has 2 amide bonds. The van der Waals surface area contributed by atoms with Crippen LogP contribution in [0.2, 0.25) is 0 Å². The third kappa shape index (κ3) is 4.91. The lowest BCUT2D eigenvalue weighted by molar-refractivity contribution is 0.0587. The first kappa shape index (κ1) is 25.9. The molecule has 3 aromatic rings. The van der Waals surface area contributed by atoms with Gasteiger partial charge in [0.25, 0.3) is 11.8 Å². The highest BCUT2D eigenvalue weighted by molar-refractivity contribution is 7.91. The monoisotopic (exact) mass is 537 g/mol. The molecule has 0 bridgehead atoms. The molecule has 0 saturated carbocycles. The molecule has 2 aromatic carbocycles. The number of carbonyl (C=O) groups excluding carboxylic acids is 2. The van der Waals surface area contributed by atoms with E-state index < -0.39 is 15.4 Å². The van der Waals surface area contributed by atoms with Crippen LogP contribution in [-0.4, -0.2) is 85.0 Å². The number of fused-ring (bicyclic) bond motifs is 1. The lowest BCUT2D eigenvalue weighted by Gasteiger charge is -2.36. The van der Waals surface area contributed by atoms with Crippen molar-refractivity contribution in [2.45, 2.75) is 19.4 Å². The van der Waals surface area contributed by atoms with Crippen LogP contribution in [-0.2, 0) is 15.4 Å². The number of H-pyrrole nitrogens is 1. The van der Waals surface area contributed by atoms with Crippen molar-refractivity contribution in [1.29, 1.82) is 0 Å². The van der Waals surface area contributed by atoms with E-state index in [-0.39, 0.29) is 23.3 Å². The van der Waals surface area contributed by atoms with Crippen molar-refractivity contribution in [1.82, 2.24) is 20.0 Å².